The Kier molecular flexibility index (Phi) is 6.56. The minimum absolute atomic E-state index is 0.307. The van der Waals surface area contributed by atoms with Gasteiger partial charge < -0.3 is 15.0 Å². The zero-order valence-electron chi connectivity index (χ0n) is 15.2. The predicted molar refractivity (Wildman–Crippen MR) is 101 cm³/mol. The van der Waals surface area contributed by atoms with Crippen LogP contribution in [0.4, 0.5) is 27.8 Å². The molecule has 1 heterocycles. The number of rotatable bonds is 7. The van der Waals surface area contributed by atoms with Gasteiger partial charge in [-0.3, -0.25) is 5.32 Å². The molecule has 7 nitrogen and oxygen atoms in total. The number of benzene rings is 1. The van der Waals surface area contributed by atoms with Crippen LogP contribution in [0.25, 0.3) is 0 Å². The first-order chi connectivity index (χ1) is 12.1. The van der Waals surface area contributed by atoms with E-state index in [1.165, 1.54) is 5.69 Å². The lowest BCUT2D eigenvalue weighted by Crippen LogP contribution is -2.21. The number of aromatic nitrogens is 2. The van der Waals surface area contributed by atoms with Crippen molar-refractivity contribution in [3.8, 4) is 0 Å². The minimum atomic E-state index is -0.541. The molecule has 0 aliphatic heterocycles. The molecular formula is C18H25N5O2. The van der Waals surface area contributed by atoms with Crippen LogP contribution in [0.15, 0.2) is 30.3 Å². The zero-order valence-corrected chi connectivity index (χ0v) is 15.2. The Morgan fingerprint density at radius 1 is 1.08 bits per heavy atom. The van der Waals surface area contributed by atoms with Crippen LogP contribution in [-0.2, 0) is 4.74 Å². The number of ether oxygens (including phenoxy) is 1. The van der Waals surface area contributed by atoms with Crippen molar-refractivity contribution in [2.24, 2.45) is 0 Å². The van der Waals surface area contributed by atoms with Gasteiger partial charge in [0.25, 0.3) is 0 Å². The fourth-order valence-electron chi connectivity index (χ4n) is 2.45. The molecule has 134 valence electrons. The number of amides is 1. The molecule has 2 N–H and O–H groups in total. The normalized spacial score (nSPS) is 10.2. The second kappa shape index (κ2) is 8.86. The molecule has 1 aromatic heterocycles. The van der Waals surface area contributed by atoms with E-state index < -0.39 is 6.09 Å². The summed E-state index contributed by atoms with van der Waals surface area (Å²) >= 11 is 0. The number of hydrogen-bond donors (Lipinski definition) is 2. The Morgan fingerprint density at radius 2 is 1.76 bits per heavy atom. The largest absolute Gasteiger partial charge is 0.450 e. The van der Waals surface area contributed by atoms with Gasteiger partial charge in [-0.15, -0.1) is 10.2 Å². The molecule has 7 heteroatoms. The standard InChI is InChI=1S/C18H25N5O2/c1-5-23(6-2)14-8-9-15(13(4)12-14)19-16-10-11-17(22-21-16)20-18(24)25-7-3/h8-12H,5-7H2,1-4H3,(H,19,21)(H,20,22,24). The molecule has 2 aromatic rings. The van der Waals surface area contributed by atoms with E-state index in [-0.39, 0.29) is 0 Å². The van der Waals surface area contributed by atoms with Gasteiger partial charge in [0, 0.05) is 24.5 Å². The van der Waals surface area contributed by atoms with E-state index in [1.807, 2.05) is 6.07 Å². The molecule has 0 aliphatic rings. The maximum Gasteiger partial charge on any atom is 0.412 e. The molecule has 25 heavy (non-hydrogen) atoms. The molecule has 1 amide bonds. The van der Waals surface area contributed by atoms with Crippen LogP contribution in [0.1, 0.15) is 26.3 Å². The van der Waals surface area contributed by atoms with E-state index in [9.17, 15) is 4.79 Å². The summed E-state index contributed by atoms with van der Waals surface area (Å²) in [4.78, 5) is 13.6. The number of aryl methyl sites for hydroxylation is 1. The molecular weight excluding hydrogens is 318 g/mol. The van der Waals surface area contributed by atoms with E-state index in [4.69, 9.17) is 4.74 Å². The Balaban J connectivity index is 2.05. The van der Waals surface area contributed by atoms with Crippen molar-refractivity contribution in [2.75, 3.05) is 35.2 Å². The van der Waals surface area contributed by atoms with E-state index in [0.717, 1.165) is 24.3 Å². The highest BCUT2D eigenvalue weighted by Gasteiger charge is 2.07. The van der Waals surface area contributed by atoms with Crippen molar-refractivity contribution >= 4 is 29.1 Å². The molecule has 1 aromatic carbocycles. The monoisotopic (exact) mass is 343 g/mol. The molecule has 2 rings (SSSR count). The maximum absolute atomic E-state index is 11.3. The summed E-state index contributed by atoms with van der Waals surface area (Å²) in [5, 5.41) is 13.8. The quantitative estimate of drug-likeness (QED) is 0.792. The van der Waals surface area contributed by atoms with Crippen molar-refractivity contribution in [1.29, 1.82) is 0 Å². The maximum atomic E-state index is 11.3. The average Bonchev–Trinajstić information content (AvgIpc) is 2.60. The third-order valence-corrected chi connectivity index (χ3v) is 3.77. The van der Waals surface area contributed by atoms with Gasteiger partial charge in [0.15, 0.2) is 11.6 Å². The number of hydrogen-bond acceptors (Lipinski definition) is 6. The Bertz CT molecular complexity index is 699. The molecule has 0 radical (unpaired) electrons. The van der Waals surface area contributed by atoms with Crippen LogP contribution in [0.3, 0.4) is 0 Å². The van der Waals surface area contributed by atoms with E-state index in [2.05, 4.69) is 58.6 Å². The first-order valence-electron chi connectivity index (χ1n) is 8.47. The molecule has 0 fully saturated rings. The van der Waals surface area contributed by atoms with E-state index in [0.29, 0.717) is 18.2 Å². The summed E-state index contributed by atoms with van der Waals surface area (Å²) in [5.74, 6) is 0.950. The average molecular weight is 343 g/mol. The van der Waals surface area contributed by atoms with Gasteiger partial charge in [-0.2, -0.15) is 0 Å². The van der Waals surface area contributed by atoms with Crippen LogP contribution in [0.5, 0.6) is 0 Å². The molecule has 0 bridgehead atoms. The fourth-order valence-corrected chi connectivity index (χ4v) is 2.45. The number of anilines is 4. The number of nitrogens with zero attached hydrogens (tertiary/aromatic N) is 3. The molecule has 0 atom stereocenters. The summed E-state index contributed by atoms with van der Waals surface area (Å²) in [6.45, 7) is 10.3. The van der Waals surface area contributed by atoms with Crippen molar-refractivity contribution in [3.63, 3.8) is 0 Å². The smallest absolute Gasteiger partial charge is 0.412 e. The fraction of sp³-hybridized carbons (Fsp3) is 0.389. The summed E-state index contributed by atoms with van der Waals surface area (Å²) in [7, 11) is 0. The topological polar surface area (TPSA) is 79.4 Å². The van der Waals surface area contributed by atoms with Crippen LogP contribution < -0.4 is 15.5 Å². The Labute approximate surface area is 148 Å². The van der Waals surface area contributed by atoms with Gasteiger partial charge in [-0.1, -0.05) is 0 Å². The van der Waals surface area contributed by atoms with Gasteiger partial charge in [-0.05, 0) is 63.6 Å². The van der Waals surface area contributed by atoms with Gasteiger partial charge >= 0.3 is 6.09 Å². The van der Waals surface area contributed by atoms with Gasteiger partial charge in [-0.25, -0.2) is 4.79 Å². The summed E-state index contributed by atoms with van der Waals surface area (Å²) < 4.78 is 4.80. The molecule has 0 aliphatic carbocycles. The Hall–Kier alpha value is -2.83. The lowest BCUT2D eigenvalue weighted by molar-refractivity contribution is 0.168. The predicted octanol–water partition coefficient (Wildman–Crippen LogP) is 3.94. The lowest BCUT2D eigenvalue weighted by Gasteiger charge is -2.22. The summed E-state index contributed by atoms with van der Waals surface area (Å²) in [6.07, 6.45) is -0.541. The van der Waals surface area contributed by atoms with E-state index in [1.54, 1.807) is 19.1 Å². The number of carbonyl (C=O) groups excluding carboxylic acids is 1. The van der Waals surface area contributed by atoms with Crippen molar-refractivity contribution in [2.45, 2.75) is 27.7 Å². The molecule has 0 saturated heterocycles. The third kappa shape index (κ3) is 5.07. The molecule has 0 unspecified atom stereocenters. The van der Waals surface area contributed by atoms with Crippen LogP contribution in [0, 0.1) is 6.92 Å². The van der Waals surface area contributed by atoms with Crippen LogP contribution in [0.2, 0.25) is 0 Å². The van der Waals surface area contributed by atoms with E-state index >= 15 is 0 Å². The minimum Gasteiger partial charge on any atom is -0.450 e. The number of carbonyl (C=O) groups is 1. The highest BCUT2D eigenvalue weighted by atomic mass is 16.5. The SMILES string of the molecule is CCOC(=O)Nc1ccc(Nc2ccc(N(CC)CC)cc2C)nn1. The number of nitrogens with one attached hydrogen (secondary N) is 2. The summed E-state index contributed by atoms with van der Waals surface area (Å²) in [5.41, 5.74) is 3.30. The van der Waals surface area contributed by atoms with Gasteiger partial charge in [0.2, 0.25) is 0 Å². The zero-order chi connectivity index (χ0) is 18.2. The summed E-state index contributed by atoms with van der Waals surface area (Å²) in [6, 6.07) is 9.71. The molecule has 0 spiro atoms. The highest BCUT2D eigenvalue weighted by molar-refractivity contribution is 5.83. The first kappa shape index (κ1) is 18.5. The van der Waals surface area contributed by atoms with Crippen molar-refractivity contribution < 1.29 is 9.53 Å². The van der Waals surface area contributed by atoms with Crippen molar-refractivity contribution in [1.82, 2.24) is 10.2 Å². The van der Waals surface area contributed by atoms with Crippen molar-refractivity contribution in [3.05, 3.63) is 35.9 Å². The van der Waals surface area contributed by atoms with Crippen LogP contribution in [-0.4, -0.2) is 36.0 Å². The third-order valence-electron chi connectivity index (χ3n) is 3.77. The second-order valence-corrected chi connectivity index (χ2v) is 5.45. The van der Waals surface area contributed by atoms with Gasteiger partial charge in [0.05, 0.1) is 6.61 Å². The van der Waals surface area contributed by atoms with Crippen LogP contribution >= 0.6 is 0 Å². The second-order valence-electron chi connectivity index (χ2n) is 5.45. The lowest BCUT2D eigenvalue weighted by atomic mass is 10.1. The van der Waals surface area contributed by atoms with Gasteiger partial charge in [0.1, 0.15) is 0 Å². The first-order valence-corrected chi connectivity index (χ1v) is 8.47. The Morgan fingerprint density at radius 3 is 2.32 bits per heavy atom. The highest BCUT2D eigenvalue weighted by Crippen LogP contribution is 2.25. The molecule has 0 saturated carbocycles.